The van der Waals surface area contributed by atoms with Crippen molar-refractivity contribution < 1.29 is 15.0 Å². The first-order valence-electron chi connectivity index (χ1n) is 5.10. The molecule has 0 bridgehead atoms. The van der Waals surface area contributed by atoms with Gasteiger partial charge in [-0.2, -0.15) is 0 Å². The molecule has 0 unspecified atom stereocenters. The van der Waals surface area contributed by atoms with Gasteiger partial charge in [0.25, 0.3) is 0 Å². The van der Waals surface area contributed by atoms with Crippen LogP contribution in [0.5, 0.6) is 0 Å². The molecule has 2 atom stereocenters. The molecule has 15 heavy (non-hydrogen) atoms. The van der Waals surface area contributed by atoms with Crippen molar-refractivity contribution in [2.75, 3.05) is 0 Å². The maximum absolute atomic E-state index is 11.2. The van der Waals surface area contributed by atoms with E-state index in [1.54, 1.807) is 12.1 Å². The molecule has 0 saturated heterocycles. The van der Waals surface area contributed by atoms with E-state index in [4.69, 9.17) is 0 Å². The number of carbonyl (C=O) groups excluding carboxylic acids is 1. The highest BCUT2D eigenvalue weighted by Crippen LogP contribution is 2.40. The Morgan fingerprint density at radius 2 is 2.07 bits per heavy atom. The lowest BCUT2D eigenvalue weighted by atomic mass is 9.79. The van der Waals surface area contributed by atoms with E-state index < -0.39 is 17.5 Å². The van der Waals surface area contributed by atoms with Crippen LogP contribution in [0.2, 0.25) is 0 Å². The number of carboxylic acid groups (broad SMARTS) is 1. The van der Waals surface area contributed by atoms with Gasteiger partial charge in [-0.3, -0.25) is 0 Å². The molecule has 1 aliphatic rings. The monoisotopic (exact) mass is 205 g/mol. The number of carbonyl (C=O) groups is 1. The van der Waals surface area contributed by atoms with E-state index in [9.17, 15) is 15.0 Å². The molecule has 0 amide bonds. The van der Waals surface area contributed by atoms with Gasteiger partial charge in [0, 0.05) is 5.41 Å². The number of rotatable bonds is 2. The Balaban J connectivity index is 2.41. The van der Waals surface area contributed by atoms with Crippen molar-refractivity contribution in [1.82, 2.24) is 0 Å². The second-order valence-corrected chi connectivity index (χ2v) is 4.13. The van der Waals surface area contributed by atoms with Crippen LogP contribution in [-0.4, -0.2) is 17.2 Å². The molecule has 2 rings (SSSR count). The van der Waals surface area contributed by atoms with Crippen LogP contribution in [0.3, 0.4) is 0 Å². The van der Waals surface area contributed by atoms with Crippen LogP contribution in [0, 0.1) is 0 Å². The second kappa shape index (κ2) is 3.66. The van der Waals surface area contributed by atoms with Gasteiger partial charge in [-0.25, -0.2) is 0 Å². The van der Waals surface area contributed by atoms with Gasteiger partial charge in [-0.05, 0) is 24.8 Å². The minimum Gasteiger partial charge on any atom is -0.549 e. The van der Waals surface area contributed by atoms with E-state index in [1.165, 1.54) is 0 Å². The molecule has 0 heterocycles. The fourth-order valence-electron chi connectivity index (χ4n) is 2.34. The van der Waals surface area contributed by atoms with E-state index >= 15 is 0 Å². The molecule has 0 radical (unpaired) electrons. The minimum absolute atomic E-state index is 0.263. The molecule has 3 heteroatoms. The SMILES string of the molecule is O=C([O-])[C@]1(c2ccccc2)CC[C@H](O)C1. The van der Waals surface area contributed by atoms with Crippen molar-refractivity contribution in [2.45, 2.75) is 30.8 Å². The molecule has 0 aromatic heterocycles. The summed E-state index contributed by atoms with van der Waals surface area (Å²) in [6, 6.07) is 9.04. The van der Waals surface area contributed by atoms with Crippen molar-refractivity contribution >= 4 is 5.97 Å². The molecular formula is C12H13O3-. The predicted octanol–water partition coefficient (Wildman–Crippen LogP) is 0.219. The summed E-state index contributed by atoms with van der Waals surface area (Å²) in [5, 5.41) is 20.7. The van der Waals surface area contributed by atoms with Crippen LogP contribution in [0.4, 0.5) is 0 Å². The molecule has 1 aliphatic carbocycles. The van der Waals surface area contributed by atoms with Crippen LogP contribution in [-0.2, 0) is 10.2 Å². The van der Waals surface area contributed by atoms with E-state index in [2.05, 4.69) is 0 Å². The van der Waals surface area contributed by atoms with Gasteiger partial charge in [0.05, 0.1) is 12.1 Å². The van der Waals surface area contributed by atoms with Crippen molar-refractivity contribution in [3.63, 3.8) is 0 Å². The van der Waals surface area contributed by atoms with E-state index in [-0.39, 0.29) is 6.42 Å². The third-order valence-corrected chi connectivity index (χ3v) is 3.21. The Labute approximate surface area is 88.4 Å². The number of carboxylic acids is 1. The highest BCUT2D eigenvalue weighted by Gasteiger charge is 2.41. The lowest BCUT2D eigenvalue weighted by molar-refractivity contribution is -0.314. The zero-order valence-corrected chi connectivity index (χ0v) is 8.35. The van der Waals surface area contributed by atoms with Crippen LogP contribution < -0.4 is 5.11 Å². The maximum atomic E-state index is 11.2. The van der Waals surface area contributed by atoms with Gasteiger partial charge in [0.1, 0.15) is 0 Å². The fourth-order valence-corrected chi connectivity index (χ4v) is 2.34. The van der Waals surface area contributed by atoms with Crippen molar-refractivity contribution in [1.29, 1.82) is 0 Å². The summed E-state index contributed by atoms with van der Waals surface area (Å²) in [6.07, 6.45) is 0.728. The zero-order chi connectivity index (χ0) is 10.9. The molecule has 80 valence electrons. The molecule has 1 aromatic rings. The van der Waals surface area contributed by atoms with E-state index in [0.29, 0.717) is 12.8 Å². The number of benzene rings is 1. The van der Waals surface area contributed by atoms with Gasteiger partial charge in [0.2, 0.25) is 0 Å². The highest BCUT2D eigenvalue weighted by atomic mass is 16.4. The molecular weight excluding hydrogens is 192 g/mol. The molecule has 3 nitrogen and oxygen atoms in total. The Hall–Kier alpha value is -1.35. The molecule has 0 spiro atoms. The van der Waals surface area contributed by atoms with E-state index in [0.717, 1.165) is 5.56 Å². The number of hydrogen-bond donors (Lipinski definition) is 1. The third kappa shape index (κ3) is 1.63. The third-order valence-electron chi connectivity index (χ3n) is 3.21. The predicted molar refractivity (Wildman–Crippen MR) is 53.0 cm³/mol. The van der Waals surface area contributed by atoms with Crippen molar-refractivity contribution in [3.05, 3.63) is 35.9 Å². The van der Waals surface area contributed by atoms with Crippen LogP contribution in [0.15, 0.2) is 30.3 Å². The van der Waals surface area contributed by atoms with Crippen molar-refractivity contribution in [2.24, 2.45) is 0 Å². The van der Waals surface area contributed by atoms with Crippen molar-refractivity contribution in [3.8, 4) is 0 Å². The molecule has 1 N–H and O–H groups in total. The first kappa shape index (κ1) is 10.2. The minimum atomic E-state index is -1.08. The fraction of sp³-hybridized carbons (Fsp3) is 0.417. The van der Waals surface area contributed by atoms with Crippen LogP contribution in [0.25, 0.3) is 0 Å². The average Bonchev–Trinajstić information content (AvgIpc) is 2.63. The Morgan fingerprint density at radius 1 is 1.40 bits per heavy atom. The zero-order valence-electron chi connectivity index (χ0n) is 8.35. The molecule has 1 fully saturated rings. The van der Waals surface area contributed by atoms with Gasteiger partial charge in [-0.1, -0.05) is 30.3 Å². The van der Waals surface area contributed by atoms with Gasteiger partial charge in [-0.15, -0.1) is 0 Å². The first-order chi connectivity index (χ1) is 7.15. The van der Waals surface area contributed by atoms with E-state index in [1.807, 2.05) is 18.2 Å². The Kier molecular flexibility index (Phi) is 2.49. The van der Waals surface area contributed by atoms with Gasteiger partial charge < -0.3 is 15.0 Å². The van der Waals surface area contributed by atoms with Crippen LogP contribution in [0.1, 0.15) is 24.8 Å². The first-order valence-corrected chi connectivity index (χ1v) is 5.10. The molecule has 1 saturated carbocycles. The average molecular weight is 205 g/mol. The summed E-state index contributed by atoms with van der Waals surface area (Å²) in [5.74, 6) is -1.08. The smallest absolute Gasteiger partial charge is 0.0552 e. The topological polar surface area (TPSA) is 60.4 Å². The lowest BCUT2D eigenvalue weighted by Crippen LogP contribution is -2.44. The van der Waals surface area contributed by atoms with Crippen LogP contribution >= 0.6 is 0 Å². The number of aliphatic hydroxyl groups is 1. The summed E-state index contributed by atoms with van der Waals surface area (Å²) >= 11 is 0. The maximum Gasteiger partial charge on any atom is 0.0552 e. The largest absolute Gasteiger partial charge is 0.549 e. The quantitative estimate of drug-likeness (QED) is 0.751. The summed E-state index contributed by atoms with van der Waals surface area (Å²) in [7, 11) is 0. The second-order valence-electron chi connectivity index (χ2n) is 4.13. The normalized spacial score (nSPS) is 30.3. The highest BCUT2D eigenvalue weighted by molar-refractivity contribution is 5.80. The standard InChI is InChI=1S/C12H14O3/c13-10-6-7-12(8-10,11(14)15)9-4-2-1-3-5-9/h1-5,10,13H,6-8H2,(H,14,15)/p-1/t10-,12+/m0/s1. The summed E-state index contributed by atoms with van der Waals surface area (Å²) in [6.45, 7) is 0. The number of hydrogen-bond acceptors (Lipinski definition) is 3. The summed E-state index contributed by atoms with van der Waals surface area (Å²) < 4.78 is 0. The summed E-state index contributed by atoms with van der Waals surface area (Å²) in [4.78, 5) is 11.2. The summed E-state index contributed by atoms with van der Waals surface area (Å²) in [5.41, 5.74) is -0.248. The van der Waals surface area contributed by atoms with Gasteiger partial charge in [0.15, 0.2) is 0 Å². The Bertz CT molecular complexity index is 360. The molecule has 0 aliphatic heterocycles. The number of aliphatic carboxylic acids is 1. The number of aliphatic hydroxyl groups excluding tert-OH is 1. The Morgan fingerprint density at radius 3 is 2.53 bits per heavy atom. The lowest BCUT2D eigenvalue weighted by Gasteiger charge is -2.30. The molecule has 1 aromatic carbocycles. The van der Waals surface area contributed by atoms with Gasteiger partial charge >= 0.3 is 0 Å².